The van der Waals surface area contributed by atoms with Crippen LogP contribution in [0.1, 0.15) is 11.5 Å². The summed E-state index contributed by atoms with van der Waals surface area (Å²) in [7, 11) is 3.27. The molecule has 3 aromatic rings. The lowest BCUT2D eigenvalue weighted by molar-refractivity contribution is 0.395. The minimum atomic E-state index is 0.725. The van der Waals surface area contributed by atoms with Crippen molar-refractivity contribution in [2.75, 3.05) is 14.2 Å². The number of hydrogen-bond donors (Lipinski definition) is 0. The first-order valence-electron chi connectivity index (χ1n) is 6.32. The average Bonchev–Trinajstić information content (AvgIpc) is 2.92. The summed E-state index contributed by atoms with van der Waals surface area (Å²) in [5, 5.41) is 4.46. The van der Waals surface area contributed by atoms with Gasteiger partial charge in [-0.05, 0) is 26.0 Å². The Kier molecular flexibility index (Phi) is 2.89. The van der Waals surface area contributed by atoms with Gasteiger partial charge in [0.25, 0.3) is 0 Å². The first-order valence-corrected chi connectivity index (χ1v) is 6.32. The van der Waals surface area contributed by atoms with Crippen molar-refractivity contribution in [1.29, 1.82) is 0 Å². The van der Waals surface area contributed by atoms with E-state index in [2.05, 4.69) is 5.10 Å². The van der Waals surface area contributed by atoms with Gasteiger partial charge in [-0.2, -0.15) is 9.61 Å². The Morgan fingerprint density at radius 2 is 1.90 bits per heavy atom. The fraction of sp³-hybridized carbons (Fsp3) is 0.267. The quantitative estimate of drug-likeness (QED) is 0.734. The molecule has 0 radical (unpaired) electrons. The van der Waals surface area contributed by atoms with Crippen LogP contribution in [-0.2, 0) is 0 Å². The Morgan fingerprint density at radius 3 is 2.60 bits per heavy atom. The van der Waals surface area contributed by atoms with Gasteiger partial charge < -0.3 is 13.9 Å². The molecular formula is C15H16N2O3. The minimum Gasteiger partial charge on any atom is -0.497 e. The van der Waals surface area contributed by atoms with Crippen molar-refractivity contribution in [2.24, 2.45) is 0 Å². The second kappa shape index (κ2) is 4.59. The molecule has 20 heavy (non-hydrogen) atoms. The molecule has 0 aliphatic rings. The number of aryl methyl sites for hydroxylation is 2. The zero-order valence-electron chi connectivity index (χ0n) is 11.9. The molecule has 0 bridgehead atoms. The Balaban J connectivity index is 2.26. The van der Waals surface area contributed by atoms with Crippen LogP contribution in [0.15, 0.2) is 28.7 Å². The maximum Gasteiger partial charge on any atom is 0.222 e. The number of hydrogen-bond acceptors (Lipinski definition) is 4. The van der Waals surface area contributed by atoms with E-state index in [0.29, 0.717) is 0 Å². The number of methoxy groups -OCH3 is 2. The molecule has 0 saturated heterocycles. The summed E-state index contributed by atoms with van der Waals surface area (Å²) in [4.78, 5) is 0. The van der Waals surface area contributed by atoms with E-state index in [9.17, 15) is 0 Å². The van der Waals surface area contributed by atoms with E-state index in [1.165, 1.54) is 0 Å². The van der Waals surface area contributed by atoms with E-state index in [1.807, 2.05) is 38.1 Å². The summed E-state index contributed by atoms with van der Waals surface area (Å²) >= 11 is 0. The zero-order valence-corrected chi connectivity index (χ0v) is 11.9. The molecule has 0 aliphatic carbocycles. The third-order valence-corrected chi connectivity index (χ3v) is 3.27. The monoisotopic (exact) mass is 272 g/mol. The van der Waals surface area contributed by atoms with Crippen molar-refractivity contribution < 1.29 is 13.9 Å². The van der Waals surface area contributed by atoms with Crippen LogP contribution in [0.2, 0.25) is 0 Å². The Hall–Kier alpha value is -2.43. The number of rotatable bonds is 3. The Labute approximate surface area is 116 Å². The molecule has 3 rings (SSSR count). The summed E-state index contributed by atoms with van der Waals surface area (Å²) in [6.07, 6.45) is 0. The lowest BCUT2D eigenvalue weighted by Crippen LogP contribution is -1.95. The van der Waals surface area contributed by atoms with Gasteiger partial charge >= 0.3 is 0 Å². The number of ether oxygens (including phenoxy) is 2. The molecule has 0 unspecified atom stereocenters. The van der Waals surface area contributed by atoms with Crippen LogP contribution < -0.4 is 9.47 Å². The molecule has 2 heterocycles. The molecule has 1 aromatic carbocycles. The Bertz CT molecular complexity index is 771. The highest BCUT2D eigenvalue weighted by molar-refractivity contribution is 5.72. The molecule has 0 fully saturated rings. The highest BCUT2D eigenvalue weighted by Gasteiger charge is 2.18. The van der Waals surface area contributed by atoms with Gasteiger partial charge in [0.1, 0.15) is 23.0 Å². The smallest absolute Gasteiger partial charge is 0.222 e. The van der Waals surface area contributed by atoms with Gasteiger partial charge in [0.2, 0.25) is 5.71 Å². The van der Waals surface area contributed by atoms with Crippen LogP contribution in [0.5, 0.6) is 11.5 Å². The highest BCUT2D eigenvalue weighted by Crippen LogP contribution is 2.36. The topological polar surface area (TPSA) is 48.9 Å². The van der Waals surface area contributed by atoms with Crippen LogP contribution in [0.4, 0.5) is 0 Å². The van der Waals surface area contributed by atoms with Gasteiger partial charge in [-0.1, -0.05) is 0 Å². The van der Waals surface area contributed by atoms with Crippen molar-refractivity contribution in [2.45, 2.75) is 13.8 Å². The molecule has 104 valence electrons. The summed E-state index contributed by atoms with van der Waals surface area (Å²) in [5.74, 6) is 2.28. The average molecular weight is 272 g/mol. The fourth-order valence-electron chi connectivity index (χ4n) is 2.36. The van der Waals surface area contributed by atoms with E-state index < -0.39 is 0 Å². The van der Waals surface area contributed by atoms with Crippen LogP contribution >= 0.6 is 0 Å². The molecular weight excluding hydrogens is 256 g/mol. The van der Waals surface area contributed by atoms with E-state index in [0.717, 1.165) is 39.9 Å². The summed E-state index contributed by atoms with van der Waals surface area (Å²) in [5.41, 5.74) is 3.46. The van der Waals surface area contributed by atoms with E-state index in [4.69, 9.17) is 13.9 Å². The second-order valence-electron chi connectivity index (χ2n) is 4.61. The van der Waals surface area contributed by atoms with Crippen molar-refractivity contribution in [3.63, 3.8) is 0 Å². The summed E-state index contributed by atoms with van der Waals surface area (Å²) in [6, 6.07) is 7.61. The summed E-state index contributed by atoms with van der Waals surface area (Å²) < 4.78 is 18.2. The molecule has 2 aromatic heterocycles. The maximum atomic E-state index is 5.74. The number of nitrogens with zero attached hydrogens (tertiary/aromatic N) is 2. The van der Waals surface area contributed by atoms with Gasteiger partial charge in [0.15, 0.2) is 0 Å². The van der Waals surface area contributed by atoms with Crippen LogP contribution in [-0.4, -0.2) is 23.8 Å². The third-order valence-electron chi connectivity index (χ3n) is 3.27. The SMILES string of the molecule is COc1ccc(-c2c(C)oc3cc(C)nn23)c(OC)c1. The third kappa shape index (κ3) is 1.82. The van der Waals surface area contributed by atoms with Gasteiger partial charge in [-0.25, -0.2) is 0 Å². The number of benzene rings is 1. The lowest BCUT2D eigenvalue weighted by Gasteiger charge is -2.09. The first kappa shape index (κ1) is 12.6. The number of fused-ring (bicyclic) bond motifs is 1. The largest absolute Gasteiger partial charge is 0.497 e. The maximum absolute atomic E-state index is 5.74. The predicted molar refractivity (Wildman–Crippen MR) is 75.5 cm³/mol. The molecule has 0 aliphatic heterocycles. The molecule has 5 heteroatoms. The molecule has 0 atom stereocenters. The van der Waals surface area contributed by atoms with Crippen molar-refractivity contribution >= 4 is 5.71 Å². The predicted octanol–water partition coefficient (Wildman–Crippen LogP) is 3.23. The highest BCUT2D eigenvalue weighted by atomic mass is 16.5. The zero-order chi connectivity index (χ0) is 14.3. The van der Waals surface area contributed by atoms with E-state index in [1.54, 1.807) is 18.7 Å². The lowest BCUT2D eigenvalue weighted by atomic mass is 10.1. The molecule has 5 nitrogen and oxygen atoms in total. The number of oxazole rings is 1. The van der Waals surface area contributed by atoms with E-state index >= 15 is 0 Å². The first-order chi connectivity index (χ1) is 9.63. The van der Waals surface area contributed by atoms with Crippen molar-refractivity contribution in [3.8, 4) is 22.8 Å². The molecule has 0 saturated carbocycles. The number of aromatic nitrogens is 2. The van der Waals surface area contributed by atoms with Crippen molar-refractivity contribution in [3.05, 3.63) is 35.7 Å². The standard InChI is InChI=1S/C15H16N2O3/c1-9-7-14-17(16-9)15(10(2)20-14)12-6-5-11(18-3)8-13(12)19-4/h5-8H,1-4H3. The van der Waals surface area contributed by atoms with Gasteiger partial charge in [-0.3, -0.25) is 0 Å². The van der Waals surface area contributed by atoms with Gasteiger partial charge in [0.05, 0.1) is 19.9 Å². The summed E-state index contributed by atoms with van der Waals surface area (Å²) in [6.45, 7) is 3.86. The normalized spacial score (nSPS) is 11.0. The Morgan fingerprint density at radius 1 is 1.10 bits per heavy atom. The fourth-order valence-corrected chi connectivity index (χ4v) is 2.36. The van der Waals surface area contributed by atoms with Crippen molar-refractivity contribution in [1.82, 2.24) is 9.61 Å². The van der Waals surface area contributed by atoms with Crippen LogP contribution in [0.25, 0.3) is 17.0 Å². The molecule has 0 N–H and O–H groups in total. The van der Waals surface area contributed by atoms with Gasteiger partial charge in [-0.15, -0.1) is 0 Å². The van der Waals surface area contributed by atoms with Crippen LogP contribution in [0, 0.1) is 13.8 Å². The molecule has 0 spiro atoms. The minimum absolute atomic E-state index is 0.725. The van der Waals surface area contributed by atoms with Crippen LogP contribution in [0.3, 0.4) is 0 Å². The van der Waals surface area contributed by atoms with E-state index in [-0.39, 0.29) is 0 Å². The second-order valence-corrected chi connectivity index (χ2v) is 4.61. The van der Waals surface area contributed by atoms with Gasteiger partial charge in [0, 0.05) is 17.7 Å². The molecule has 0 amide bonds.